The van der Waals surface area contributed by atoms with Crippen molar-refractivity contribution < 1.29 is 17.9 Å². The third-order valence-corrected chi connectivity index (χ3v) is 5.83. The summed E-state index contributed by atoms with van der Waals surface area (Å²) in [4.78, 5) is 2.27. The molecule has 0 saturated carbocycles. The van der Waals surface area contributed by atoms with Crippen LogP contribution >= 0.6 is 0 Å². The van der Waals surface area contributed by atoms with Crippen LogP contribution in [0.5, 0.6) is 5.75 Å². The van der Waals surface area contributed by atoms with Gasteiger partial charge < -0.3 is 9.47 Å². The maximum Gasteiger partial charge on any atom is 0.216 e. The molecule has 0 bridgehead atoms. The summed E-state index contributed by atoms with van der Waals surface area (Å²) in [6.45, 7) is 7.54. The van der Waals surface area contributed by atoms with E-state index in [4.69, 9.17) is 9.47 Å². The number of hydrogen-bond donors (Lipinski definition) is 0. The average Bonchev–Trinajstić information content (AvgIpc) is 2.55. The van der Waals surface area contributed by atoms with Crippen LogP contribution in [0.15, 0.2) is 24.3 Å². The number of sulfonamides is 1. The monoisotopic (exact) mass is 356 g/mol. The Morgan fingerprint density at radius 2 is 1.79 bits per heavy atom. The quantitative estimate of drug-likeness (QED) is 0.708. The SMILES string of the molecule is COCCS(=O)(=O)N1CCN(Cc2ccccc2OC(C)C)CC1. The van der Waals surface area contributed by atoms with Crippen molar-refractivity contribution in [2.45, 2.75) is 26.5 Å². The van der Waals surface area contributed by atoms with Crippen LogP contribution in [0.2, 0.25) is 0 Å². The topological polar surface area (TPSA) is 59.1 Å². The zero-order chi connectivity index (χ0) is 17.6. The molecule has 1 aliphatic heterocycles. The summed E-state index contributed by atoms with van der Waals surface area (Å²) in [5.74, 6) is 0.955. The van der Waals surface area contributed by atoms with E-state index in [0.29, 0.717) is 13.1 Å². The summed E-state index contributed by atoms with van der Waals surface area (Å²) in [5, 5.41) is 0. The van der Waals surface area contributed by atoms with Gasteiger partial charge >= 0.3 is 0 Å². The molecule has 24 heavy (non-hydrogen) atoms. The van der Waals surface area contributed by atoms with Gasteiger partial charge in [-0.15, -0.1) is 0 Å². The van der Waals surface area contributed by atoms with Gasteiger partial charge in [0.2, 0.25) is 10.0 Å². The largest absolute Gasteiger partial charge is 0.491 e. The molecule has 7 heteroatoms. The van der Waals surface area contributed by atoms with E-state index in [1.807, 2.05) is 32.0 Å². The minimum Gasteiger partial charge on any atom is -0.491 e. The molecule has 1 fully saturated rings. The van der Waals surface area contributed by atoms with Crippen LogP contribution in [-0.4, -0.2) is 69.4 Å². The van der Waals surface area contributed by atoms with E-state index in [0.717, 1.165) is 30.9 Å². The predicted molar refractivity (Wildman–Crippen MR) is 94.7 cm³/mol. The average molecular weight is 356 g/mol. The molecule has 1 heterocycles. The summed E-state index contributed by atoms with van der Waals surface area (Å²) in [6.07, 6.45) is 0.133. The molecule has 0 aromatic heterocycles. The minimum atomic E-state index is -3.21. The summed E-state index contributed by atoms with van der Waals surface area (Å²) >= 11 is 0. The molecule has 0 unspecified atom stereocenters. The molecular weight excluding hydrogens is 328 g/mol. The lowest BCUT2D eigenvalue weighted by atomic mass is 10.1. The molecule has 0 atom stereocenters. The van der Waals surface area contributed by atoms with E-state index in [1.54, 1.807) is 4.31 Å². The number of hydrogen-bond acceptors (Lipinski definition) is 5. The number of ether oxygens (including phenoxy) is 2. The van der Waals surface area contributed by atoms with Crippen LogP contribution in [0.4, 0.5) is 0 Å². The first-order chi connectivity index (χ1) is 11.4. The first kappa shape index (κ1) is 19.2. The van der Waals surface area contributed by atoms with Crippen molar-refractivity contribution in [1.29, 1.82) is 0 Å². The highest BCUT2D eigenvalue weighted by molar-refractivity contribution is 7.89. The molecule has 1 aliphatic rings. The van der Waals surface area contributed by atoms with E-state index >= 15 is 0 Å². The standard InChI is InChI=1S/C17H28N2O4S/c1-15(2)23-17-7-5-4-6-16(17)14-18-8-10-19(11-9-18)24(20,21)13-12-22-3/h4-7,15H,8-14H2,1-3H3. The molecule has 0 spiro atoms. The maximum atomic E-state index is 12.2. The predicted octanol–water partition coefficient (Wildman–Crippen LogP) is 1.57. The molecule has 0 aliphatic carbocycles. The van der Waals surface area contributed by atoms with Gasteiger partial charge in [-0.2, -0.15) is 4.31 Å². The second kappa shape index (κ2) is 8.80. The first-order valence-electron chi connectivity index (χ1n) is 8.36. The van der Waals surface area contributed by atoms with Crippen molar-refractivity contribution in [3.8, 4) is 5.75 Å². The second-order valence-corrected chi connectivity index (χ2v) is 8.35. The lowest BCUT2D eigenvalue weighted by molar-refractivity contribution is 0.174. The highest BCUT2D eigenvalue weighted by Crippen LogP contribution is 2.22. The van der Waals surface area contributed by atoms with Gasteiger partial charge in [0, 0.05) is 45.4 Å². The summed E-state index contributed by atoms with van der Waals surface area (Å²) in [5.41, 5.74) is 1.14. The Hall–Kier alpha value is -1.15. The van der Waals surface area contributed by atoms with Gasteiger partial charge in [-0.25, -0.2) is 8.42 Å². The third-order valence-electron chi connectivity index (χ3n) is 4.00. The molecule has 0 radical (unpaired) electrons. The summed E-state index contributed by atoms with van der Waals surface area (Å²) < 4.78 is 36.7. The van der Waals surface area contributed by atoms with Gasteiger partial charge in [0.05, 0.1) is 18.5 Å². The highest BCUT2D eigenvalue weighted by atomic mass is 32.2. The Bertz CT molecular complexity index is 611. The second-order valence-electron chi connectivity index (χ2n) is 6.26. The molecule has 6 nitrogen and oxygen atoms in total. The van der Waals surface area contributed by atoms with E-state index in [9.17, 15) is 8.42 Å². The van der Waals surface area contributed by atoms with E-state index in [2.05, 4.69) is 11.0 Å². The van der Waals surface area contributed by atoms with E-state index < -0.39 is 10.0 Å². The zero-order valence-electron chi connectivity index (χ0n) is 14.8. The van der Waals surface area contributed by atoms with Crippen molar-refractivity contribution >= 4 is 10.0 Å². The third kappa shape index (κ3) is 5.44. The summed E-state index contributed by atoms with van der Waals surface area (Å²) in [6, 6.07) is 8.04. The molecule has 1 aromatic rings. The number of para-hydroxylation sites is 1. The van der Waals surface area contributed by atoms with E-state index in [1.165, 1.54) is 7.11 Å². The van der Waals surface area contributed by atoms with Crippen LogP contribution in [0.3, 0.4) is 0 Å². The van der Waals surface area contributed by atoms with Crippen LogP contribution in [0.25, 0.3) is 0 Å². The maximum absolute atomic E-state index is 12.2. The van der Waals surface area contributed by atoms with Crippen molar-refractivity contribution in [2.24, 2.45) is 0 Å². The summed E-state index contributed by atoms with van der Waals surface area (Å²) in [7, 11) is -1.69. The van der Waals surface area contributed by atoms with Crippen molar-refractivity contribution in [1.82, 2.24) is 9.21 Å². The fraction of sp³-hybridized carbons (Fsp3) is 0.647. The fourth-order valence-corrected chi connectivity index (χ4v) is 4.08. The van der Waals surface area contributed by atoms with Gasteiger partial charge in [-0.3, -0.25) is 4.90 Å². The zero-order valence-corrected chi connectivity index (χ0v) is 15.6. The van der Waals surface area contributed by atoms with Crippen LogP contribution < -0.4 is 4.74 Å². The van der Waals surface area contributed by atoms with Crippen LogP contribution in [0.1, 0.15) is 19.4 Å². The minimum absolute atomic E-state index is 0.0502. The van der Waals surface area contributed by atoms with Gasteiger partial charge in [-0.05, 0) is 19.9 Å². The van der Waals surface area contributed by atoms with Crippen molar-refractivity contribution in [3.63, 3.8) is 0 Å². The molecule has 0 N–H and O–H groups in total. The molecule has 136 valence electrons. The number of rotatable bonds is 8. The van der Waals surface area contributed by atoms with Crippen LogP contribution in [0, 0.1) is 0 Å². The van der Waals surface area contributed by atoms with Gasteiger partial charge in [0.1, 0.15) is 5.75 Å². The Balaban J connectivity index is 1.92. The molecular formula is C17H28N2O4S. The Labute approximate surface area is 145 Å². The number of methoxy groups -OCH3 is 1. The Kier molecular flexibility index (Phi) is 7.03. The lowest BCUT2D eigenvalue weighted by Gasteiger charge is -2.34. The number of benzene rings is 1. The molecule has 1 saturated heterocycles. The number of nitrogens with zero attached hydrogens (tertiary/aromatic N) is 2. The van der Waals surface area contributed by atoms with Crippen molar-refractivity contribution in [3.05, 3.63) is 29.8 Å². The first-order valence-corrected chi connectivity index (χ1v) is 9.97. The number of piperazine rings is 1. The van der Waals surface area contributed by atoms with Crippen LogP contribution in [-0.2, 0) is 21.3 Å². The van der Waals surface area contributed by atoms with Gasteiger partial charge in [0.15, 0.2) is 0 Å². The van der Waals surface area contributed by atoms with Gasteiger partial charge in [0.25, 0.3) is 0 Å². The Morgan fingerprint density at radius 3 is 2.42 bits per heavy atom. The molecule has 1 aromatic carbocycles. The normalized spacial score (nSPS) is 17.3. The molecule has 2 rings (SSSR count). The molecule has 0 amide bonds. The van der Waals surface area contributed by atoms with Gasteiger partial charge in [-0.1, -0.05) is 18.2 Å². The van der Waals surface area contributed by atoms with Crippen molar-refractivity contribution in [2.75, 3.05) is 45.6 Å². The smallest absolute Gasteiger partial charge is 0.216 e. The Morgan fingerprint density at radius 1 is 1.12 bits per heavy atom. The van der Waals surface area contributed by atoms with E-state index in [-0.39, 0.29) is 18.5 Å². The lowest BCUT2D eigenvalue weighted by Crippen LogP contribution is -2.49. The highest BCUT2D eigenvalue weighted by Gasteiger charge is 2.26. The fourth-order valence-electron chi connectivity index (χ4n) is 2.73.